The summed E-state index contributed by atoms with van der Waals surface area (Å²) >= 11 is 2.91. The van der Waals surface area contributed by atoms with Gasteiger partial charge in [-0.3, -0.25) is 5.43 Å². The molecular weight excluding hydrogens is 286 g/mol. The fourth-order valence-electron chi connectivity index (χ4n) is 1.09. The fourth-order valence-corrected chi connectivity index (χ4v) is 1.59. The quantitative estimate of drug-likeness (QED) is 0.503. The first-order valence-electron chi connectivity index (χ1n) is 4.07. The maximum Gasteiger partial charge on any atom is 0.335 e. The number of hydrogen-bond donors (Lipinski definition) is 2. The van der Waals surface area contributed by atoms with Gasteiger partial charge in [0.15, 0.2) is 11.6 Å². The third-order valence-corrected chi connectivity index (χ3v) is 2.60. The highest BCUT2D eigenvalue weighted by molar-refractivity contribution is 9.10. The van der Waals surface area contributed by atoms with E-state index in [0.717, 1.165) is 6.07 Å². The van der Waals surface area contributed by atoms with Crippen molar-refractivity contribution in [2.75, 3.05) is 5.43 Å². The molecule has 0 aliphatic heterocycles. The highest BCUT2D eigenvalue weighted by atomic mass is 79.9. The summed E-state index contributed by atoms with van der Waals surface area (Å²) in [5.41, 5.74) is 2.41. The smallest absolute Gasteiger partial charge is 0.314 e. The lowest BCUT2D eigenvalue weighted by molar-refractivity contribution is 0.432. The number of aromatic nitrogens is 2. The Labute approximate surface area is 96.7 Å². The number of nitrogens with one attached hydrogen (secondary N) is 1. The SMILES string of the molecule is NNc1nc(-c2ccc(F)c(F)c2Br)no1. The molecule has 16 heavy (non-hydrogen) atoms. The van der Waals surface area contributed by atoms with Crippen LogP contribution in [0.3, 0.4) is 0 Å². The molecule has 0 saturated heterocycles. The Balaban J connectivity index is 2.52. The van der Waals surface area contributed by atoms with Gasteiger partial charge in [-0.1, -0.05) is 5.16 Å². The van der Waals surface area contributed by atoms with Crippen molar-refractivity contribution in [1.82, 2.24) is 10.1 Å². The van der Waals surface area contributed by atoms with Crippen molar-refractivity contribution in [3.8, 4) is 11.4 Å². The van der Waals surface area contributed by atoms with Crippen LogP contribution < -0.4 is 11.3 Å². The molecule has 8 heteroatoms. The molecule has 0 saturated carbocycles. The van der Waals surface area contributed by atoms with E-state index < -0.39 is 11.6 Å². The molecule has 1 aromatic carbocycles. The summed E-state index contributed by atoms with van der Waals surface area (Å²) in [5.74, 6) is 3.17. The molecule has 0 unspecified atom stereocenters. The Hall–Kier alpha value is -1.54. The first-order chi connectivity index (χ1) is 7.63. The number of nitrogen functional groups attached to an aromatic ring is 1. The number of anilines is 1. The van der Waals surface area contributed by atoms with Gasteiger partial charge in [-0.05, 0) is 28.1 Å². The second kappa shape index (κ2) is 4.14. The first kappa shape index (κ1) is 11.0. The largest absolute Gasteiger partial charge is 0.335 e. The lowest BCUT2D eigenvalue weighted by Crippen LogP contribution is -2.06. The average molecular weight is 291 g/mol. The molecule has 2 rings (SSSR count). The Morgan fingerprint density at radius 3 is 2.75 bits per heavy atom. The Morgan fingerprint density at radius 2 is 2.12 bits per heavy atom. The van der Waals surface area contributed by atoms with E-state index in [-0.39, 0.29) is 21.9 Å². The van der Waals surface area contributed by atoms with Crippen LogP contribution in [-0.2, 0) is 0 Å². The van der Waals surface area contributed by atoms with E-state index in [2.05, 4.69) is 36.0 Å². The minimum atomic E-state index is -1.01. The van der Waals surface area contributed by atoms with Gasteiger partial charge in [0.2, 0.25) is 5.82 Å². The van der Waals surface area contributed by atoms with Gasteiger partial charge in [-0.15, -0.1) is 0 Å². The van der Waals surface area contributed by atoms with Crippen molar-refractivity contribution >= 4 is 21.9 Å². The zero-order valence-corrected chi connectivity index (χ0v) is 9.25. The molecule has 0 aliphatic rings. The topological polar surface area (TPSA) is 77.0 Å². The van der Waals surface area contributed by atoms with Gasteiger partial charge in [0.25, 0.3) is 0 Å². The van der Waals surface area contributed by atoms with Gasteiger partial charge < -0.3 is 4.52 Å². The highest BCUT2D eigenvalue weighted by Crippen LogP contribution is 2.30. The summed E-state index contributed by atoms with van der Waals surface area (Å²) in [6.07, 6.45) is 0. The molecule has 84 valence electrons. The van der Waals surface area contributed by atoms with Crippen LogP contribution in [0.15, 0.2) is 21.1 Å². The summed E-state index contributed by atoms with van der Waals surface area (Å²) < 4.78 is 30.6. The molecule has 0 fully saturated rings. The van der Waals surface area contributed by atoms with Gasteiger partial charge in [0.1, 0.15) is 0 Å². The molecule has 0 atom stereocenters. The number of hydrazine groups is 1. The third-order valence-electron chi connectivity index (χ3n) is 1.83. The van der Waals surface area contributed by atoms with Crippen LogP contribution in [0.25, 0.3) is 11.4 Å². The number of halogens is 3. The summed E-state index contributed by atoms with van der Waals surface area (Å²) in [5, 5.41) is 3.54. The lowest BCUT2D eigenvalue weighted by atomic mass is 10.2. The average Bonchev–Trinajstić information content (AvgIpc) is 2.74. The van der Waals surface area contributed by atoms with E-state index in [0.29, 0.717) is 0 Å². The number of benzene rings is 1. The van der Waals surface area contributed by atoms with Crippen molar-refractivity contribution < 1.29 is 13.3 Å². The second-order valence-corrected chi connectivity index (χ2v) is 3.58. The molecule has 0 aliphatic carbocycles. The second-order valence-electron chi connectivity index (χ2n) is 2.79. The molecule has 0 spiro atoms. The van der Waals surface area contributed by atoms with Crippen LogP contribution in [0.5, 0.6) is 0 Å². The normalized spacial score (nSPS) is 10.5. The first-order valence-corrected chi connectivity index (χ1v) is 4.87. The van der Waals surface area contributed by atoms with Crippen LogP contribution in [0.2, 0.25) is 0 Å². The van der Waals surface area contributed by atoms with Crippen molar-refractivity contribution in [3.63, 3.8) is 0 Å². The molecule has 0 amide bonds. The maximum absolute atomic E-state index is 13.2. The van der Waals surface area contributed by atoms with Gasteiger partial charge in [0, 0.05) is 5.56 Å². The summed E-state index contributed by atoms with van der Waals surface area (Å²) in [4.78, 5) is 3.80. The van der Waals surface area contributed by atoms with Gasteiger partial charge in [-0.25, -0.2) is 14.6 Å². The van der Waals surface area contributed by atoms with E-state index in [1.165, 1.54) is 6.07 Å². The monoisotopic (exact) mass is 290 g/mol. The highest BCUT2D eigenvalue weighted by Gasteiger charge is 2.16. The fraction of sp³-hybridized carbons (Fsp3) is 0. The van der Waals surface area contributed by atoms with E-state index in [4.69, 9.17) is 5.84 Å². The molecule has 1 aromatic heterocycles. The van der Waals surface area contributed by atoms with Crippen LogP contribution in [0.4, 0.5) is 14.8 Å². The minimum absolute atomic E-state index is 0.0216. The third kappa shape index (κ3) is 1.76. The van der Waals surface area contributed by atoms with E-state index in [1.807, 2.05) is 0 Å². The number of nitrogens with two attached hydrogens (primary N) is 1. The Kier molecular flexibility index (Phi) is 2.84. The van der Waals surface area contributed by atoms with Crippen LogP contribution in [0, 0.1) is 11.6 Å². The predicted octanol–water partition coefficient (Wildman–Crippen LogP) is 2.06. The predicted molar refractivity (Wildman–Crippen MR) is 55.2 cm³/mol. The van der Waals surface area contributed by atoms with Crippen LogP contribution in [-0.4, -0.2) is 10.1 Å². The van der Waals surface area contributed by atoms with Crippen molar-refractivity contribution in [2.45, 2.75) is 0 Å². The molecule has 0 bridgehead atoms. The number of nitrogens with zero attached hydrogens (tertiary/aromatic N) is 2. The summed E-state index contributed by atoms with van der Waals surface area (Å²) in [6.45, 7) is 0. The number of rotatable bonds is 2. The van der Waals surface area contributed by atoms with E-state index in [9.17, 15) is 8.78 Å². The zero-order valence-electron chi connectivity index (χ0n) is 7.67. The zero-order chi connectivity index (χ0) is 11.7. The van der Waals surface area contributed by atoms with E-state index >= 15 is 0 Å². The van der Waals surface area contributed by atoms with Crippen molar-refractivity contribution in [3.05, 3.63) is 28.2 Å². The Morgan fingerprint density at radius 1 is 1.38 bits per heavy atom. The molecule has 0 radical (unpaired) electrons. The molecule has 2 aromatic rings. The summed E-state index contributed by atoms with van der Waals surface area (Å²) in [7, 11) is 0. The minimum Gasteiger partial charge on any atom is -0.314 e. The van der Waals surface area contributed by atoms with Crippen LogP contribution in [0.1, 0.15) is 0 Å². The van der Waals surface area contributed by atoms with Crippen molar-refractivity contribution in [2.24, 2.45) is 5.84 Å². The van der Waals surface area contributed by atoms with Gasteiger partial charge in [0.05, 0.1) is 4.47 Å². The molecule has 1 heterocycles. The van der Waals surface area contributed by atoms with Gasteiger partial charge >= 0.3 is 6.01 Å². The Bertz CT molecular complexity index is 531. The van der Waals surface area contributed by atoms with E-state index in [1.54, 1.807) is 0 Å². The van der Waals surface area contributed by atoms with Gasteiger partial charge in [-0.2, -0.15) is 4.98 Å². The molecule has 3 N–H and O–H groups in total. The summed E-state index contributed by atoms with van der Waals surface area (Å²) in [6, 6.07) is 2.28. The standard InChI is InChI=1S/C8H5BrF2N4O/c9-5-3(1-2-4(10)6(5)11)7-13-8(14-12)16-15-7/h1-2H,12H2,(H,13,14,15). The van der Waals surface area contributed by atoms with Crippen LogP contribution >= 0.6 is 15.9 Å². The maximum atomic E-state index is 13.2. The van der Waals surface area contributed by atoms with Crippen molar-refractivity contribution in [1.29, 1.82) is 0 Å². The lowest BCUT2D eigenvalue weighted by Gasteiger charge is -2.00. The molecular formula is C8H5BrF2N4O. The molecule has 5 nitrogen and oxygen atoms in total. The number of hydrogen-bond acceptors (Lipinski definition) is 5.